The highest BCUT2D eigenvalue weighted by Gasteiger charge is 2.18. The highest BCUT2D eigenvalue weighted by Crippen LogP contribution is 2.30. The molecule has 0 bridgehead atoms. The van der Waals surface area contributed by atoms with E-state index in [1.165, 1.54) is 25.4 Å². The Morgan fingerprint density at radius 2 is 1.74 bits per heavy atom. The fourth-order valence-corrected chi connectivity index (χ4v) is 3.71. The number of benzene rings is 2. The number of carbonyl (C=O) groups is 3. The molecule has 3 rings (SSSR count). The van der Waals surface area contributed by atoms with Gasteiger partial charge in [0.1, 0.15) is 10.6 Å². The van der Waals surface area contributed by atoms with Gasteiger partial charge >= 0.3 is 5.97 Å². The second-order valence-corrected chi connectivity index (χ2v) is 7.67. The van der Waals surface area contributed by atoms with Crippen LogP contribution in [-0.4, -0.2) is 31.5 Å². The van der Waals surface area contributed by atoms with E-state index in [2.05, 4.69) is 10.6 Å². The van der Waals surface area contributed by atoms with Crippen LogP contribution in [0.2, 0.25) is 0 Å². The van der Waals surface area contributed by atoms with Gasteiger partial charge in [-0.2, -0.15) is 0 Å². The topological polar surface area (TPSA) is 93.7 Å². The summed E-state index contributed by atoms with van der Waals surface area (Å²) in [5.74, 6) is -0.926. The van der Waals surface area contributed by atoms with Gasteiger partial charge in [0.25, 0.3) is 5.91 Å². The molecule has 1 heterocycles. The van der Waals surface area contributed by atoms with Crippen LogP contribution in [0.5, 0.6) is 5.75 Å². The molecule has 31 heavy (non-hydrogen) atoms. The first kappa shape index (κ1) is 22.0. The lowest BCUT2D eigenvalue weighted by atomic mass is 10.1. The van der Waals surface area contributed by atoms with Crippen molar-refractivity contribution in [3.8, 4) is 16.9 Å². The fraction of sp³-hybridized carbons (Fsp3) is 0.174. The molecule has 0 radical (unpaired) electrons. The number of hydrogen-bond donors (Lipinski definition) is 2. The minimum Gasteiger partial charge on any atom is -0.495 e. The van der Waals surface area contributed by atoms with E-state index in [1.807, 2.05) is 42.6 Å². The number of hydrogen-bond acceptors (Lipinski definition) is 6. The van der Waals surface area contributed by atoms with Crippen molar-refractivity contribution in [1.82, 2.24) is 0 Å². The summed E-state index contributed by atoms with van der Waals surface area (Å²) in [5, 5.41) is 7.08. The first-order valence-corrected chi connectivity index (χ1v) is 10.3. The number of rotatable bonds is 7. The number of aryl methyl sites for hydroxylation is 1. The zero-order chi connectivity index (χ0) is 22.4. The maximum absolute atomic E-state index is 12.6. The summed E-state index contributed by atoms with van der Waals surface area (Å²) >= 11 is 1.26. The molecule has 0 atom stereocenters. The van der Waals surface area contributed by atoms with Gasteiger partial charge in [-0.05, 0) is 42.1 Å². The smallest absolute Gasteiger partial charge is 0.349 e. The average Bonchev–Trinajstić information content (AvgIpc) is 3.22. The van der Waals surface area contributed by atoms with Gasteiger partial charge in [0, 0.05) is 18.2 Å². The Kier molecular flexibility index (Phi) is 7.04. The van der Waals surface area contributed by atoms with E-state index in [-0.39, 0.29) is 5.91 Å². The standard InChI is InChI=1S/C23H22N2O5S/c1-14-4-6-16(7-5-14)18-10-11-31-22(18)23(28)30-13-21(27)25-19-12-17(24-15(2)26)8-9-20(19)29-3/h4-12H,13H2,1-3H3,(H,24,26)(H,25,27). The number of esters is 1. The van der Waals surface area contributed by atoms with E-state index in [4.69, 9.17) is 9.47 Å². The monoisotopic (exact) mass is 438 g/mol. The summed E-state index contributed by atoms with van der Waals surface area (Å²) in [4.78, 5) is 36.6. The van der Waals surface area contributed by atoms with Crippen molar-refractivity contribution in [3.05, 3.63) is 64.4 Å². The van der Waals surface area contributed by atoms with Crippen LogP contribution in [0, 0.1) is 6.92 Å². The normalized spacial score (nSPS) is 10.3. The SMILES string of the molecule is COc1ccc(NC(C)=O)cc1NC(=O)COC(=O)c1sccc1-c1ccc(C)cc1. The van der Waals surface area contributed by atoms with Crippen LogP contribution in [0.25, 0.3) is 11.1 Å². The molecule has 160 valence electrons. The number of thiophene rings is 1. The highest BCUT2D eigenvalue weighted by molar-refractivity contribution is 7.12. The largest absolute Gasteiger partial charge is 0.495 e. The Balaban J connectivity index is 1.65. The zero-order valence-corrected chi connectivity index (χ0v) is 18.2. The predicted molar refractivity (Wildman–Crippen MR) is 121 cm³/mol. The lowest BCUT2D eigenvalue weighted by Crippen LogP contribution is -2.21. The predicted octanol–water partition coefficient (Wildman–Crippen LogP) is 4.49. The van der Waals surface area contributed by atoms with E-state index in [0.717, 1.165) is 16.7 Å². The van der Waals surface area contributed by atoms with Crippen molar-refractivity contribution in [2.45, 2.75) is 13.8 Å². The van der Waals surface area contributed by atoms with Gasteiger partial charge in [-0.1, -0.05) is 29.8 Å². The van der Waals surface area contributed by atoms with E-state index in [1.54, 1.807) is 18.2 Å². The maximum atomic E-state index is 12.6. The van der Waals surface area contributed by atoms with Gasteiger partial charge in [-0.3, -0.25) is 9.59 Å². The van der Waals surface area contributed by atoms with Crippen molar-refractivity contribution >= 4 is 40.5 Å². The molecule has 0 unspecified atom stereocenters. The molecule has 7 nitrogen and oxygen atoms in total. The molecule has 2 aromatic carbocycles. The van der Waals surface area contributed by atoms with E-state index < -0.39 is 18.5 Å². The molecular formula is C23H22N2O5S. The van der Waals surface area contributed by atoms with Gasteiger partial charge in [-0.15, -0.1) is 11.3 Å². The molecule has 0 aliphatic carbocycles. The third kappa shape index (κ3) is 5.70. The molecule has 0 aliphatic heterocycles. The minimum absolute atomic E-state index is 0.239. The Hall–Kier alpha value is -3.65. The Morgan fingerprint density at radius 3 is 2.42 bits per heavy atom. The summed E-state index contributed by atoms with van der Waals surface area (Å²) in [6.07, 6.45) is 0. The molecule has 2 N–H and O–H groups in total. The van der Waals surface area contributed by atoms with Crippen LogP contribution in [0.3, 0.4) is 0 Å². The maximum Gasteiger partial charge on any atom is 0.349 e. The molecule has 2 amide bonds. The van der Waals surface area contributed by atoms with Crippen LogP contribution in [-0.2, 0) is 14.3 Å². The van der Waals surface area contributed by atoms with Crippen LogP contribution in [0.1, 0.15) is 22.2 Å². The molecule has 1 aromatic heterocycles. The summed E-state index contributed by atoms with van der Waals surface area (Å²) in [7, 11) is 1.46. The molecule has 3 aromatic rings. The molecule has 0 spiro atoms. The molecular weight excluding hydrogens is 416 g/mol. The Bertz CT molecular complexity index is 1110. The summed E-state index contributed by atoms with van der Waals surface area (Å²) in [6, 6.07) is 14.5. The summed E-state index contributed by atoms with van der Waals surface area (Å²) in [5.41, 5.74) is 3.65. The third-order valence-electron chi connectivity index (χ3n) is 4.34. The third-order valence-corrected chi connectivity index (χ3v) is 5.24. The number of methoxy groups -OCH3 is 1. The zero-order valence-electron chi connectivity index (χ0n) is 17.4. The minimum atomic E-state index is -0.570. The number of carbonyl (C=O) groups excluding carboxylic acids is 3. The van der Waals surface area contributed by atoms with Crippen molar-refractivity contribution in [2.24, 2.45) is 0 Å². The van der Waals surface area contributed by atoms with Crippen molar-refractivity contribution in [3.63, 3.8) is 0 Å². The second-order valence-electron chi connectivity index (χ2n) is 6.75. The van der Waals surface area contributed by atoms with E-state index in [9.17, 15) is 14.4 Å². The van der Waals surface area contributed by atoms with Gasteiger partial charge in [0.2, 0.25) is 5.91 Å². The van der Waals surface area contributed by atoms with Crippen LogP contribution >= 0.6 is 11.3 Å². The molecule has 0 saturated carbocycles. The Morgan fingerprint density at radius 1 is 1.00 bits per heavy atom. The first-order valence-electron chi connectivity index (χ1n) is 9.44. The van der Waals surface area contributed by atoms with Crippen molar-refractivity contribution in [2.75, 3.05) is 24.4 Å². The van der Waals surface area contributed by atoms with Gasteiger partial charge in [0.05, 0.1) is 12.8 Å². The lowest BCUT2D eigenvalue weighted by molar-refractivity contribution is -0.119. The van der Waals surface area contributed by atoms with Crippen LogP contribution in [0.15, 0.2) is 53.9 Å². The molecule has 0 aliphatic rings. The second kappa shape index (κ2) is 9.90. The van der Waals surface area contributed by atoms with Crippen molar-refractivity contribution in [1.29, 1.82) is 0 Å². The lowest BCUT2D eigenvalue weighted by Gasteiger charge is -2.12. The van der Waals surface area contributed by atoms with E-state index in [0.29, 0.717) is 22.0 Å². The Labute approximate surface area is 184 Å². The quantitative estimate of drug-likeness (QED) is 0.530. The fourth-order valence-electron chi connectivity index (χ4n) is 2.90. The summed E-state index contributed by atoms with van der Waals surface area (Å²) < 4.78 is 10.5. The number of amides is 2. The van der Waals surface area contributed by atoms with Gasteiger partial charge in [-0.25, -0.2) is 4.79 Å². The van der Waals surface area contributed by atoms with Gasteiger partial charge in [0.15, 0.2) is 6.61 Å². The average molecular weight is 439 g/mol. The highest BCUT2D eigenvalue weighted by atomic mass is 32.1. The number of anilines is 2. The first-order chi connectivity index (χ1) is 14.9. The summed E-state index contributed by atoms with van der Waals surface area (Å²) in [6.45, 7) is 2.92. The van der Waals surface area contributed by atoms with Crippen LogP contribution in [0.4, 0.5) is 11.4 Å². The molecule has 8 heteroatoms. The van der Waals surface area contributed by atoms with Crippen molar-refractivity contribution < 1.29 is 23.9 Å². The number of ether oxygens (including phenoxy) is 2. The van der Waals surface area contributed by atoms with Gasteiger partial charge < -0.3 is 20.1 Å². The van der Waals surface area contributed by atoms with Crippen LogP contribution < -0.4 is 15.4 Å². The molecule has 0 saturated heterocycles. The molecule has 0 fully saturated rings. The van der Waals surface area contributed by atoms with E-state index >= 15 is 0 Å². The number of nitrogens with one attached hydrogen (secondary N) is 2.